The molecule has 0 spiro atoms. The minimum Gasteiger partial charge on any atom is -0.481 e. The third-order valence-corrected chi connectivity index (χ3v) is 3.49. The van der Waals surface area contributed by atoms with Crippen LogP contribution in [0.25, 0.3) is 0 Å². The van der Waals surface area contributed by atoms with E-state index in [0.717, 1.165) is 0 Å². The lowest BCUT2D eigenvalue weighted by atomic mass is 10.1. The van der Waals surface area contributed by atoms with Crippen molar-refractivity contribution in [3.05, 3.63) is 0 Å². The summed E-state index contributed by atoms with van der Waals surface area (Å²) in [5, 5.41) is 41.3. The molecular formula is C15H22N4O11. The molecule has 0 heterocycles. The minimum atomic E-state index is -1.84. The minimum absolute atomic E-state index is 0.516. The number of amides is 3. The zero-order chi connectivity index (χ0) is 23.4. The van der Waals surface area contributed by atoms with Crippen LogP contribution in [0.4, 0.5) is 0 Å². The highest BCUT2D eigenvalue weighted by atomic mass is 16.4. The summed E-state index contributed by atoms with van der Waals surface area (Å²) in [6.07, 6.45) is -3.04. The van der Waals surface area contributed by atoms with Crippen molar-refractivity contribution in [2.75, 3.05) is 6.54 Å². The van der Waals surface area contributed by atoms with E-state index >= 15 is 0 Å². The maximum Gasteiger partial charge on any atom is 0.326 e. The van der Waals surface area contributed by atoms with Crippen LogP contribution in [0.2, 0.25) is 0 Å². The fraction of sp³-hybridized carbons (Fsp3) is 0.533. The Bertz CT molecular complexity index is 709. The number of carbonyl (C=O) groups is 7. The first-order chi connectivity index (χ1) is 13.9. The lowest BCUT2D eigenvalue weighted by molar-refractivity contribution is -0.145. The standard InChI is InChI=1S/C15H22N4O11/c16-5-9(20)17-7(3-11(23)24)13(27)19-8(4-12(25)26)14(28)18-6(15(29)30)1-2-10(21)22/h6-8H,1-5,16H2,(H,17,20)(H,18,28)(H,19,27)(H,21,22)(H,23,24)(H,25,26)(H,29,30). The molecule has 0 aliphatic rings. The summed E-state index contributed by atoms with van der Waals surface area (Å²) >= 11 is 0. The summed E-state index contributed by atoms with van der Waals surface area (Å²) in [5.74, 6) is -9.36. The molecule has 9 N–H and O–H groups in total. The first-order valence-corrected chi connectivity index (χ1v) is 8.35. The van der Waals surface area contributed by atoms with Crippen LogP contribution < -0.4 is 21.7 Å². The molecule has 15 nitrogen and oxygen atoms in total. The Kier molecular flexibility index (Phi) is 11.1. The van der Waals surface area contributed by atoms with Gasteiger partial charge < -0.3 is 42.1 Å². The molecule has 3 atom stereocenters. The summed E-state index contributed by atoms with van der Waals surface area (Å²) in [4.78, 5) is 79.5. The van der Waals surface area contributed by atoms with Crippen molar-refractivity contribution >= 4 is 41.6 Å². The zero-order valence-electron chi connectivity index (χ0n) is 15.5. The van der Waals surface area contributed by atoms with Gasteiger partial charge in [0.1, 0.15) is 18.1 Å². The number of hydrogen-bond donors (Lipinski definition) is 8. The molecule has 0 aromatic carbocycles. The van der Waals surface area contributed by atoms with Gasteiger partial charge >= 0.3 is 23.9 Å². The molecule has 0 saturated heterocycles. The van der Waals surface area contributed by atoms with E-state index in [4.69, 9.17) is 26.2 Å². The van der Waals surface area contributed by atoms with Gasteiger partial charge in [-0.15, -0.1) is 0 Å². The highest BCUT2D eigenvalue weighted by Crippen LogP contribution is 2.03. The smallest absolute Gasteiger partial charge is 0.326 e. The second-order valence-electron chi connectivity index (χ2n) is 5.91. The van der Waals surface area contributed by atoms with Crippen molar-refractivity contribution in [1.82, 2.24) is 16.0 Å². The molecule has 168 valence electrons. The van der Waals surface area contributed by atoms with Gasteiger partial charge in [-0.1, -0.05) is 0 Å². The molecule has 0 aromatic heterocycles. The van der Waals surface area contributed by atoms with E-state index < -0.39 is 92.0 Å². The summed E-state index contributed by atoms with van der Waals surface area (Å²) in [6, 6.07) is -5.22. The highest BCUT2D eigenvalue weighted by Gasteiger charge is 2.31. The number of carbonyl (C=O) groups excluding carboxylic acids is 3. The molecule has 0 aromatic rings. The highest BCUT2D eigenvalue weighted by molar-refractivity contribution is 5.96. The Morgan fingerprint density at radius 2 is 1.10 bits per heavy atom. The number of nitrogens with one attached hydrogen (secondary N) is 3. The van der Waals surface area contributed by atoms with Gasteiger partial charge in [0.15, 0.2) is 0 Å². The lowest BCUT2D eigenvalue weighted by Gasteiger charge is -2.23. The largest absolute Gasteiger partial charge is 0.481 e. The molecule has 0 aliphatic carbocycles. The monoisotopic (exact) mass is 434 g/mol. The molecule has 0 rings (SSSR count). The topological polar surface area (TPSA) is 263 Å². The van der Waals surface area contributed by atoms with Gasteiger partial charge in [-0.2, -0.15) is 0 Å². The van der Waals surface area contributed by atoms with Crippen molar-refractivity contribution in [2.45, 2.75) is 43.8 Å². The Balaban J connectivity index is 5.41. The zero-order valence-corrected chi connectivity index (χ0v) is 15.5. The van der Waals surface area contributed by atoms with E-state index in [1.807, 2.05) is 16.0 Å². The molecule has 30 heavy (non-hydrogen) atoms. The Morgan fingerprint density at radius 3 is 1.47 bits per heavy atom. The van der Waals surface area contributed by atoms with Gasteiger partial charge in [0.2, 0.25) is 17.7 Å². The maximum absolute atomic E-state index is 12.3. The summed E-state index contributed by atoms with van der Waals surface area (Å²) in [7, 11) is 0. The lowest BCUT2D eigenvalue weighted by Crippen LogP contribution is -2.57. The van der Waals surface area contributed by atoms with Crippen LogP contribution in [-0.4, -0.2) is 86.7 Å². The number of carboxylic acids is 4. The number of carboxylic acid groups (broad SMARTS) is 4. The Morgan fingerprint density at radius 1 is 0.667 bits per heavy atom. The molecule has 0 radical (unpaired) electrons. The summed E-state index contributed by atoms with van der Waals surface area (Å²) in [5.41, 5.74) is 5.07. The molecule has 0 bridgehead atoms. The third kappa shape index (κ3) is 10.5. The molecule has 15 heteroatoms. The van der Waals surface area contributed by atoms with Gasteiger partial charge in [-0.3, -0.25) is 28.8 Å². The van der Waals surface area contributed by atoms with Crippen LogP contribution in [0, 0.1) is 0 Å². The molecular weight excluding hydrogens is 412 g/mol. The normalized spacial score (nSPS) is 13.2. The average molecular weight is 434 g/mol. The Labute approximate surface area is 168 Å². The quantitative estimate of drug-likeness (QED) is 0.131. The fourth-order valence-electron chi connectivity index (χ4n) is 2.09. The van der Waals surface area contributed by atoms with Crippen LogP contribution >= 0.6 is 0 Å². The van der Waals surface area contributed by atoms with Crippen LogP contribution in [0.5, 0.6) is 0 Å². The van der Waals surface area contributed by atoms with Gasteiger partial charge in [0.05, 0.1) is 19.4 Å². The van der Waals surface area contributed by atoms with Gasteiger partial charge in [-0.25, -0.2) is 4.79 Å². The summed E-state index contributed by atoms with van der Waals surface area (Å²) in [6.45, 7) is -0.577. The predicted octanol–water partition coefficient (Wildman–Crippen LogP) is -3.70. The van der Waals surface area contributed by atoms with Crippen molar-refractivity contribution in [1.29, 1.82) is 0 Å². The van der Waals surface area contributed by atoms with Crippen molar-refractivity contribution in [3.63, 3.8) is 0 Å². The first kappa shape index (κ1) is 26.2. The van der Waals surface area contributed by atoms with Crippen molar-refractivity contribution in [2.24, 2.45) is 5.73 Å². The fourth-order valence-corrected chi connectivity index (χ4v) is 2.09. The van der Waals surface area contributed by atoms with Crippen molar-refractivity contribution in [3.8, 4) is 0 Å². The van der Waals surface area contributed by atoms with E-state index in [1.54, 1.807) is 0 Å². The van der Waals surface area contributed by atoms with Crippen LogP contribution in [0.1, 0.15) is 25.7 Å². The average Bonchev–Trinajstić information content (AvgIpc) is 2.62. The summed E-state index contributed by atoms with van der Waals surface area (Å²) < 4.78 is 0. The van der Waals surface area contributed by atoms with Gasteiger partial charge in [-0.05, 0) is 6.42 Å². The van der Waals surface area contributed by atoms with Crippen LogP contribution in [0.15, 0.2) is 0 Å². The maximum atomic E-state index is 12.3. The van der Waals surface area contributed by atoms with Gasteiger partial charge in [0, 0.05) is 6.42 Å². The molecule has 0 fully saturated rings. The molecule has 0 saturated carbocycles. The number of hydrogen-bond acceptors (Lipinski definition) is 8. The SMILES string of the molecule is NCC(=O)NC(CC(=O)O)C(=O)NC(CC(=O)O)C(=O)NC(CCC(=O)O)C(=O)O. The predicted molar refractivity (Wildman–Crippen MR) is 93.9 cm³/mol. The van der Waals surface area contributed by atoms with Gasteiger partial charge in [0.25, 0.3) is 0 Å². The van der Waals surface area contributed by atoms with Crippen LogP contribution in [-0.2, 0) is 33.6 Å². The number of rotatable bonds is 14. The van der Waals surface area contributed by atoms with Crippen molar-refractivity contribution < 1.29 is 54.0 Å². The number of nitrogens with two attached hydrogens (primary N) is 1. The van der Waals surface area contributed by atoms with Crippen LogP contribution in [0.3, 0.4) is 0 Å². The van der Waals surface area contributed by atoms with E-state index in [-0.39, 0.29) is 0 Å². The van der Waals surface area contributed by atoms with E-state index in [1.165, 1.54) is 0 Å². The van der Waals surface area contributed by atoms with E-state index in [2.05, 4.69) is 0 Å². The Hall–Kier alpha value is -3.75. The van der Waals surface area contributed by atoms with E-state index in [0.29, 0.717) is 0 Å². The van der Waals surface area contributed by atoms with E-state index in [9.17, 15) is 33.6 Å². The third-order valence-electron chi connectivity index (χ3n) is 3.49. The first-order valence-electron chi connectivity index (χ1n) is 8.35. The number of aliphatic carboxylic acids is 4. The second kappa shape index (κ2) is 12.7. The molecule has 3 amide bonds. The molecule has 0 aliphatic heterocycles. The molecule has 3 unspecified atom stereocenters. The second-order valence-corrected chi connectivity index (χ2v) is 5.91.